The summed E-state index contributed by atoms with van der Waals surface area (Å²) >= 11 is 0. The second-order valence-corrected chi connectivity index (χ2v) is 13.3. The molecule has 46 heavy (non-hydrogen) atoms. The number of halogens is 2. The molecule has 1 N–H and O–H groups in total. The molecule has 1 saturated carbocycles. The molecule has 0 saturated heterocycles. The van der Waals surface area contributed by atoms with Crippen LogP contribution in [0.2, 0.25) is 0 Å². The molecule has 1 atom stereocenters. The number of nitrogens with zero attached hydrogens (tertiary/aromatic N) is 2. The van der Waals surface area contributed by atoms with E-state index in [0.717, 1.165) is 54.1 Å². The van der Waals surface area contributed by atoms with E-state index in [9.17, 15) is 22.4 Å². The Labute approximate surface area is 268 Å². The minimum atomic E-state index is -4.32. The summed E-state index contributed by atoms with van der Waals surface area (Å²) in [6.07, 6.45) is 4.82. The molecule has 0 radical (unpaired) electrons. The Bertz CT molecular complexity index is 1720. The molecule has 4 aromatic rings. The summed E-state index contributed by atoms with van der Waals surface area (Å²) in [6.45, 7) is -0.983. The van der Waals surface area contributed by atoms with Crippen LogP contribution in [0, 0.1) is 11.6 Å². The molecule has 0 bridgehead atoms. The normalized spacial score (nSPS) is 14.3. The zero-order valence-corrected chi connectivity index (χ0v) is 26.2. The van der Waals surface area contributed by atoms with Crippen LogP contribution >= 0.6 is 0 Å². The minimum Gasteiger partial charge on any atom is -0.352 e. The maximum Gasteiger partial charge on any atom is 0.264 e. The van der Waals surface area contributed by atoms with Crippen molar-refractivity contribution >= 4 is 27.5 Å². The van der Waals surface area contributed by atoms with Crippen LogP contribution in [-0.4, -0.2) is 43.8 Å². The molecule has 0 aliphatic heterocycles. The SMILES string of the molecule is O=C(NC1CCCCC1)[C@@H](Cc1ccccc1)N(Cc1ccccc1F)C(=O)CN(c1ccc(F)cc1)S(=O)(=O)c1ccccc1. The average molecular weight is 646 g/mol. The molecule has 4 aromatic carbocycles. The molecule has 240 valence electrons. The Kier molecular flexibility index (Phi) is 10.8. The topological polar surface area (TPSA) is 86.8 Å². The van der Waals surface area contributed by atoms with Crippen LogP contribution in [0.15, 0.2) is 114 Å². The summed E-state index contributed by atoms with van der Waals surface area (Å²) in [5, 5.41) is 3.12. The Morgan fingerprint density at radius 1 is 0.783 bits per heavy atom. The van der Waals surface area contributed by atoms with Crippen molar-refractivity contribution in [3.8, 4) is 0 Å². The highest BCUT2D eigenvalue weighted by atomic mass is 32.2. The van der Waals surface area contributed by atoms with Crippen molar-refractivity contribution < 1.29 is 26.8 Å². The fourth-order valence-corrected chi connectivity index (χ4v) is 7.20. The van der Waals surface area contributed by atoms with Crippen LogP contribution in [-0.2, 0) is 32.6 Å². The van der Waals surface area contributed by atoms with Gasteiger partial charge in [-0.25, -0.2) is 17.2 Å². The number of amides is 2. The highest BCUT2D eigenvalue weighted by Gasteiger charge is 2.35. The molecule has 5 rings (SSSR count). The molecule has 0 aromatic heterocycles. The van der Waals surface area contributed by atoms with Crippen LogP contribution in [0.5, 0.6) is 0 Å². The number of nitrogens with one attached hydrogen (secondary N) is 1. The zero-order valence-electron chi connectivity index (χ0n) is 25.4. The lowest BCUT2D eigenvalue weighted by Crippen LogP contribution is -2.55. The van der Waals surface area contributed by atoms with E-state index >= 15 is 4.39 Å². The third-order valence-corrected chi connectivity index (χ3v) is 10.0. The quantitative estimate of drug-likeness (QED) is 0.197. The van der Waals surface area contributed by atoms with E-state index in [-0.39, 0.29) is 41.1 Å². The van der Waals surface area contributed by atoms with Gasteiger partial charge in [0, 0.05) is 24.6 Å². The number of benzene rings is 4. The summed E-state index contributed by atoms with van der Waals surface area (Å²) < 4.78 is 57.8. The number of carbonyl (C=O) groups excluding carboxylic acids is 2. The third kappa shape index (κ3) is 8.17. The van der Waals surface area contributed by atoms with Gasteiger partial charge in [-0.05, 0) is 60.9 Å². The van der Waals surface area contributed by atoms with Crippen molar-refractivity contribution in [3.63, 3.8) is 0 Å². The van der Waals surface area contributed by atoms with Crippen molar-refractivity contribution in [1.29, 1.82) is 0 Å². The molecule has 0 spiro atoms. The lowest BCUT2D eigenvalue weighted by Gasteiger charge is -2.35. The number of anilines is 1. The van der Waals surface area contributed by atoms with Crippen molar-refractivity contribution in [1.82, 2.24) is 10.2 Å². The van der Waals surface area contributed by atoms with Crippen molar-refractivity contribution in [2.24, 2.45) is 0 Å². The van der Waals surface area contributed by atoms with Gasteiger partial charge in [0.25, 0.3) is 10.0 Å². The van der Waals surface area contributed by atoms with Crippen molar-refractivity contribution in [2.75, 3.05) is 10.8 Å². The van der Waals surface area contributed by atoms with Gasteiger partial charge in [-0.15, -0.1) is 0 Å². The number of sulfonamides is 1. The second kappa shape index (κ2) is 15.1. The summed E-state index contributed by atoms with van der Waals surface area (Å²) in [7, 11) is -4.32. The molecule has 10 heteroatoms. The predicted octanol–water partition coefficient (Wildman–Crippen LogP) is 6.25. The van der Waals surface area contributed by atoms with E-state index in [0.29, 0.717) is 0 Å². The molecular weight excluding hydrogens is 608 g/mol. The van der Waals surface area contributed by atoms with E-state index in [1.165, 1.54) is 47.4 Å². The number of rotatable bonds is 12. The van der Waals surface area contributed by atoms with Crippen LogP contribution in [0.25, 0.3) is 0 Å². The first-order valence-corrected chi connectivity index (χ1v) is 16.9. The molecule has 1 aliphatic rings. The van der Waals surface area contributed by atoms with Gasteiger partial charge in [0.05, 0.1) is 10.6 Å². The first-order valence-electron chi connectivity index (χ1n) is 15.4. The maximum absolute atomic E-state index is 15.1. The molecule has 2 amide bonds. The van der Waals surface area contributed by atoms with Crippen molar-refractivity contribution in [2.45, 2.75) is 62.0 Å². The van der Waals surface area contributed by atoms with Crippen LogP contribution in [0.4, 0.5) is 14.5 Å². The van der Waals surface area contributed by atoms with Gasteiger partial charge in [0.15, 0.2) is 0 Å². The molecule has 1 fully saturated rings. The third-order valence-electron chi connectivity index (χ3n) is 8.25. The average Bonchev–Trinajstić information content (AvgIpc) is 3.07. The Hall–Kier alpha value is -4.57. The molecular formula is C36H37F2N3O4S. The van der Waals surface area contributed by atoms with Gasteiger partial charge in [0.2, 0.25) is 11.8 Å². The maximum atomic E-state index is 15.1. The van der Waals surface area contributed by atoms with Gasteiger partial charge in [-0.1, -0.05) is 86.0 Å². The molecule has 0 heterocycles. The van der Waals surface area contributed by atoms with Crippen LogP contribution in [0.1, 0.15) is 43.2 Å². The molecule has 1 aliphatic carbocycles. The van der Waals surface area contributed by atoms with Gasteiger partial charge in [0.1, 0.15) is 24.2 Å². The Balaban J connectivity index is 1.56. The molecule has 0 unspecified atom stereocenters. The summed E-state index contributed by atoms with van der Waals surface area (Å²) in [6, 6.07) is 26.4. The van der Waals surface area contributed by atoms with Crippen molar-refractivity contribution in [3.05, 3.63) is 132 Å². The standard InChI is InChI=1S/C36H37F2N3O4S/c37-29-20-22-31(23-21-29)41(46(44,45)32-17-8-3-9-18-32)26-35(42)40(25-28-14-10-11-19-33(28)38)34(24-27-12-4-1-5-13-27)36(43)39-30-15-6-2-7-16-30/h1,3-5,8-14,17-23,30,34H,2,6-7,15-16,24-26H2,(H,39,43)/t34-/m1/s1. The van der Waals surface area contributed by atoms with E-state index in [1.807, 2.05) is 30.3 Å². The summed E-state index contributed by atoms with van der Waals surface area (Å²) in [5.74, 6) is -2.24. The van der Waals surface area contributed by atoms with E-state index in [2.05, 4.69) is 5.32 Å². The monoisotopic (exact) mass is 645 g/mol. The smallest absolute Gasteiger partial charge is 0.264 e. The molecule has 7 nitrogen and oxygen atoms in total. The van der Waals surface area contributed by atoms with E-state index in [1.54, 1.807) is 24.3 Å². The summed E-state index contributed by atoms with van der Waals surface area (Å²) in [5.41, 5.74) is 1.03. The second-order valence-electron chi connectivity index (χ2n) is 11.5. The minimum absolute atomic E-state index is 0.0564. The lowest BCUT2D eigenvalue weighted by molar-refractivity contribution is -0.140. The van der Waals surface area contributed by atoms with Gasteiger partial charge < -0.3 is 10.2 Å². The predicted molar refractivity (Wildman–Crippen MR) is 173 cm³/mol. The number of carbonyl (C=O) groups is 2. The number of hydrogen-bond donors (Lipinski definition) is 1. The fraction of sp³-hybridized carbons (Fsp3) is 0.278. The summed E-state index contributed by atoms with van der Waals surface area (Å²) in [4.78, 5) is 29.7. The van der Waals surface area contributed by atoms with Gasteiger partial charge in [-0.2, -0.15) is 0 Å². The fourth-order valence-electron chi connectivity index (χ4n) is 5.76. The van der Waals surface area contributed by atoms with Gasteiger partial charge in [-0.3, -0.25) is 13.9 Å². The zero-order chi connectivity index (χ0) is 32.5. The van der Waals surface area contributed by atoms with Crippen LogP contribution < -0.4 is 9.62 Å². The van der Waals surface area contributed by atoms with E-state index in [4.69, 9.17) is 0 Å². The van der Waals surface area contributed by atoms with Crippen LogP contribution in [0.3, 0.4) is 0 Å². The highest BCUT2D eigenvalue weighted by Crippen LogP contribution is 2.26. The highest BCUT2D eigenvalue weighted by molar-refractivity contribution is 7.92. The first-order chi connectivity index (χ1) is 22.2. The lowest BCUT2D eigenvalue weighted by atomic mass is 9.94. The Morgan fingerprint density at radius 2 is 1.39 bits per heavy atom. The number of hydrogen-bond acceptors (Lipinski definition) is 4. The Morgan fingerprint density at radius 3 is 2.04 bits per heavy atom. The largest absolute Gasteiger partial charge is 0.352 e. The van der Waals surface area contributed by atoms with E-state index < -0.39 is 40.2 Å². The first kappa shape index (κ1) is 32.8. The van der Waals surface area contributed by atoms with Gasteiger partial charge >= 0.3 is 0 Å².